The molecule has 1 fully saturated rings. The van der Waals surface area contributed by atoms with Crippen LogP contribution in [0.4, 0.5) is 11.6 Å². The number of hydrogen-bond donors (Lipinski definition) is 0. The summed E-state index contributed by atoms with van der Waals surface area (Å²) in [5.74, 6) is 2.79. The van der Waals surface area contributed by atoms with Crippen molar-refractivity contribution < 1.29 is 0 Å². The largest absolute Gasteiger partial charge is 0.353 e. The quantitative estimate of drug-likeness (QED) is 0.699. The molecule has 0 radical (unpaired) electrons. The first-order valence-corrected chi connectivity index (χ1v) is 8.49. The first kappa shape index (κ1) is 15.7. The van der Waals surface area contributed by atoms with Crippen LogP contribution in [0.5, 0.6) is 0 Å². The van der Waals surface area contributed by atoms with Gasteiger partial charge in [-0.1, -0.05) is 0 Å². The van der Waals surface area contributed by atoms with Gasteiger partial charge < -0.3 is 9.80 Å². The summed E-state index contributed by atoms with van der Waals surface area (Å²) in [6, 6.07) is 0. The van der Waals surface area contributed by atoms with Gasteiger partial charge >= 0.3 is 0 Å². The zero-order chi connectivity index (χ0) is 17.6. The van der Waals surface area contributed by atoms with E-state index >= 15 is 0 Å². The van der Waals surface area contributed by atoms with Gasteiger partial charge in [0.2, 0.25) is 0 Å². The molecule has 0 unspecified atom stereocenters. The minimum atomic E-state index is 0.774. The summed E-state index contributed by atoms with van der Waals surface area (Å²) in [6.45, 7) is 9.64. The van der Waals surface area contributed by atoms with E-state index in [0.29, 0.717) is 0 Å². The Morgan fingerprint density at radius 3 is 2.28 bits per heavy atom. The Hall–Kier alpha value is -2.77. The molecule has 8 nitrogen and oxygen atoms in total. The van der Waals surface area contributed by atoms with Crippen LogP contribution in [0.2, 0.25) is 0 Å². The molecule has 0 aliphatic carbocycles. The summed E-state index contributed by atoms with van der Waals surface area (Å²) < 4.78 is 1.80. The Morgan fingerprint density at radius 2 is 1.56 bits per heavy atom. The molecular formula is C17H22N8. The summed E-state index contributed by atoms with van der Waals surface area (Å²) in [7, 11) is 1.91. The molecule has 0 saturated carbocycles. The van der Waals surface area contributed by atoms with Crippen LogP contribution in [0.1, 0.15) is 17.1 Å². The molecule has 1 saturated heterocycles. The molecule has 4 heterocycles. The second-order valence-electron chi connectivity index (χ2n) is 6.48. The second kappa shape index (κ2) is 5.94. The molecule has 4 rings (SSSR count). The van der Waals surface area contributed by atoms with Crippen LogP contribution in [0.25, 0.3) is 11.0 Å². The van der Waals surface area contributed by atoms with Crippen molar-refractivity contribution in [1.29, 1.82) is 0 Å². The maximum atomic E-state index is 4.69. The number of aromatic nitrogens is 6. The first-order valence-electron chi connectivity index (χ1n) is 8.49. The van der Waals surface area contributed by atoms with Crippen LogP contribution < -0.4 is 9.80 Å². The van der Waals surface area contributed by atoms with Crippen LogP contribution in [0.3, 0.4) is 0 Å². The van der Waals surface area contributed by atoms with Gasteiger partial charge in [-0.3, -0.25) is 4.68 Å². The molecule has 0 spiro atoms. The van der Waals surface area contributed by atoms with E-state index < -0.39 is 0 Å². The van der Waals surface area contributed by atoms with Crippen molar-refractivity contribution in [1.82, 2.24) is 29.7 Å². The van der Waals surface area contributed by atoms with Crippen LogP contribution in [-0.4, -0.2) is 55.9 Å². The van der Waals surface area contributed by atoms with Gasteiger partial charge in [0, 0.05) is 44.5 Å². The van der Waals surface area contributed by atoms with Crippen molar-refractivity contribution in [2.45, 2.75) is 20.8 Å². The highest BCUT2D eigenvalue weighted by atomic mass is 15.3. The second-order valence-corrected chi connectivity index (χ2v) is 6.48. The normalized spacial score (nSPS) is 15.2. The smallest absolute Gasteiger partial charge is 0.163 e. The van der Waals surface area contributed by atoms with E-state index in [-0.39, 0.29) is 0 Å². The van der Waals surface area contributed by atoms with Gasteiger partial charge in [-0.25, -0.2) is 19.9 Å². The molecule has 130 valence electrons. The Morgan fingerprint density at radius 1 is 0.880 bits per heavy atom. The van der Waals surface area contributed by atoms with E-state index in [2.05, 4.69) is 41.8 Å². The summed E-state index contributed by atoms with van der Waals surface area (Å²) in [6.07, 6.45) is 3.51. The number of aryl methyl sites for hydroxylation is 3. The third-order valence-electron chi connectivity index (χ3n) is 4.87. The highest BCUT2D eigenvalue weighted by Crippen LogP contribution is 2.26. The molecule has 1 aliphatic heterocycles. The fourth-order valence-electron chi connectivity index (χ4n) is 3.33. The summed E-state index contributed by atoms with van der Waals surface area (Å²) in [5.41, 5.74) is 3.08. The Kier molecular flexibility index (Phi) is 3.74. The lowest BCUT2D eigenvalue weighted by atomic mass is 10.2. The molecule has 0 aromatic carbocycles. The van der Waals surface area contributed by atoms with E-state index in [0.717, 1.165) is 65.9 Å². The van der Waals surface area contributed by atoms with E-state index in [1.165, 1.54) is 0 Å². The monoisotopic (exact) mass is 338 g/mol. The fourth-order valence-corrected chi connectivity index (χ4v) is 3.33. The van der Waals surface area contributed by atoms with Gasteiger partial charge in [0.25, 0.3) is 0 Å². The van der Waals surface area contributed by atoms with Gasteiger partial charge in [0.1, 0.15) is 23.8 Å². The third-order valence-corrected chi connectivity index (χ3v) is 4.87. The van der Waals surface area contributed by atoms with Crippen molar-refractivity contribution in [3.63, 3.8) is 0 Å². The van der Waals surface area contributed by atoms with E-state index in [9.17, 15) is 0 Å². The third kappa shape index (κ3) is 2.67. The predicted octanol–water partition coefficient (Wildman–Crippen LogP) is 1.41. The Balaban J connectivity index is 1.59. The van der Waals surface area contributed by atoms with Gasteiger partial charge in [0.05, 0.1) is 11.6 Å². The van der Waals surface area contributed by atoms with E-state index in [1.54, 1.807) is 11.0 Å². The standard InChI is InChI=1S/C17H22N8/c1-11-12(2)18-10-19-15(11)24-5-7-25(8-6-24)17-14-9-20-23(4)16(14)21-13(3)22-17/h9-10H,5-8H2,1-4H3. The van der Waals surface area contributed by atoms with Crippen LogP contribution in [0.15, 0.2) is 12.5 Å². The van der Waals surface area contributed by atoms with Crippen LogP contribution in [-0.2, 0) is 7.05 Å². The van der Waals surface area contributed by atoms with Crippen LogP contribution >= 0.6 is 0 Å². The molecule has 25 heavy (non-hydrogen) atoms. The number of piperazine rings is 1. The van der Waals surface area contributed by atoms with Crippen molar-refractivity contribution in [2.24, 2.45) is 7.05 Å². The number of rotatable bonds is 2. The maximum Gasteiger partial charge on any atom is 0.163 e. The zero-order valence-electron chi connectivity index (χ0n) is 15.1. The molecule has 3 aromatic heterocycles. The molecule has 3 aromatic rings. The van der Waals surface area contributed by atoms with Gasteiger partial charge in [0.15, 0.2) is 5.65 Å². The fraction of sp³-hybridized carbons (Fsp3) is 0.471. The SMILES string of the molecule is Cc1nc(N2CCN(c3ncnc(C)c3C)CC2)c2cnn(C)c2n1. The molecule has 0 atom stereocenters. The van der Waals surface area contributed by atoms with Crippen LogP contribution in [0, 0.1) is 20.8 Å². The molecular weight excluding hydrogens is 316 g/mol. The minimum absolute atomic E-state index is 0.774. The number of anilines is 2. The highest BCUT2D eigenvalue weighted by Gasteiger charge is 2.23. The van der Waals surface area contributed by atoms with Gasteiger partial charge in [-0.05, 0) is 20.8 Å². The van der Waals surface area contributed by atoms with Crippen molar-refractivity contribution in [3.8, 4) is 0 Å². The number of fused-ring (bicyclic) bond motifs is 1. The van der Waals surface area contributed by atoms with Crippen molar-refractivity contribution in [3.05, 3.63) is 29.6 Å². The van der Waals surface area contributed by atoms with E-state index in [1.807, 2.05) is 27.1 Å². The van der Waals surface area contributed by atoms with E-state index in [4.69, 9.17) is 0 Å². The lowest BCUT2D eigenvalue weighted by Crippen LogP contribution is -2.47. The Labute approximate surface area is 146 Å². The molecule has 0 amide bonds. The zero-order valence-corrected chi connectivity index (χ0v) is 15.1. The first-order chi connectivity index (χ1) is 12.0. The molecule has 1 aliphatic rings. The molecule has 0 bridgehead atoms. The average Bonchev–Trinajstić information content (AvgIpc) is 2.98. The summed E-state index contributed by atoms with van der Waals surface area (Å²) in [5, 5.41) is 5.35. The number of hydrogen-bond acceptors (Lipinski definition) is 7. The minimum Gasteiger partial charge on any atom is -0.353 e. The van der Waals surface area contributed by atoms with Crippen molar-refractivity contribution in [2.75, 3.05) is 36.0 Å². The lowest BCUT2D eigenvalue weighted by molar-refractivity contribution is 0.639. The summed E-state index contributed by atoms with van der Waals surface area (Å²) >= 11 is 0. The summed E-state index contributed by atoms with van der Waals surface area (Å²) in [4.78, 5) is 22.6. The van der Waals surface area contributed by atoms with Gasteiger partial charge in [-0.2, -0.15) is 5.10 Å². The molecule has 0 N–H and O–H groups in total. The Bertz CT molecular complexity index is 924. The van der Waals surface area contributed by atoms with Crippen molar-refractivity contribution >= 4 is 22.7 Å². The molecule has 8 heteroatoms. The topological polar surface area (TPSA) is 75.9 Å². The number of nitrogens with zero attached hydrogens (tertiary/aromatic N) is 8. The van der Waals surface area contributed by atoms with Gasteiger partial charge in [-0.15, -0.1) is 0 Å². The highest BCUT2D eigenvalue weighted by molar-refractivity contribution is 5.87. The maximum absolute atomic E-state index is 4.69. The lowest BCUT2D eigenvalue weighted by Gasteiger charge is -2.36. The average molecular weight is 338 g/mol. The predicted molar refractivity (Wildman–Crippen MR) is 97.0 cm³/mol.